The van der Waals surface area contributed by atoms with Crippen LogP contribution in [0.3, 0.4) is 0 Å². The number of nitrogens with one attached hydrogen (secondary N) is 1. The van der Waals surface area contributed by atoms with Gasteiger partial charge in [0.1, 0.15) is 0 Å². The highest BCUT2D eigenvalue weighted by atomic mass is 16.5. The van der Waals surface area contributed by atoms with Gasteiger partial charge in [-0.1, -0.05) is 31.2 Å². The molecule has 1 aromatic heterocycles. The number of pyridine rings is 1. The Kier molecular flexibility index (Phi) is 5.31. The molecular formula is C16H22N2O. The highest BCUT2D eigenvalue weighted by molar-refractivity contribution is 5.81. The minimum atomic E-state index is 0.304. The van der Waals surface area contributed by atoms with Gasteiger partial charge in [-0.2, -0.15) is 0 Å². The topological polar surface area (TPSA) is 34.1 Å². The van der Waals surface area contributed by atoms with Gasteiger partial charge in [0.25, 0.3) is 0 Å². The number of para-hydroxylation sites is 1. The number of methoxy groups -OCH3 is 1. The number of rotatable bonds is 7. The molecule has 0 saturated heterocycles. The lowest BCUT2D eigenvalue weighted by Gasteiger charge is -2.20. The first-order chi connectivity index (χ1) is 9.36. The van der Waals surface area contributed by atoms with Crippen LogP contribution in [0.25, 0.3) is 10.9 Å². The largest absolute Gasteiger partial charge is 0.385 e. The van der Waals surface area contributed by atoms with Crippen molar-refractivity contribution in [3.8, 4) is 0 Å². The lowest BCUT2D eigenvalue weighted by atomic mass is 10.0. The van der Waals surface area contributed by atoms with E-state index in [-0.39, 0.29) is 0 Å². The summed E-state index contributed by atoms with van der Waals surface area (Å²) in [5, 5.41) is 4.79. The third-order valence-corrected chi connectivity index (χ3v) is 3.29. The van der Waals surface area contributed by atoms with Gasteiger partial charge < -0.3 is 10.1 Å². The van der Waals surface area contributed by atoms with E-state index >= 15 is 0 Å². The predicted molar refractivity (Wildman–Crippen MR) is 79.3 cm³/mol. The maximum atomic E-state index is 5.23. The van der Waals surface area contributed by atoms with Crippen LogP contribution in [0.1, 0.15) is 31.4 Å². The van der Waals surface area contributed by atoms with Crippen molar-refractivity contribution in [3.63, 3.8) is 0 Å². The summed E-state index contributed by atoms with van der Waals surface area (Å²) in [7, 11) is 1.75. The second kappa shape index (κ2) is 7.22. The van der Waals surface area contributed by atoms with Crippen molar-refractivity contribution in [2.24, 2.45) is 0 Å². The van der Waals surface area contributed by atoms with E-state index in [4.69, 9.17) is 4.74 Å². The van der Waals surface area contributed by atoms with Gasteiger partial charge in [0.15, 0.2) is 0 Å². The first-order valence-corrected chi connectivity index (χ1v) is 6.92. The molecule has 0 radical (unpaired) electrons. The van der Waals surface area contributed by atoms with Crippen LogP contribution in [0.2, 0.25) is 0 Å². The van der Waals surface area contributed by atoms with Crippen molar-refractivity contribution in [2.75, 3.05) is 20.3 Å². The fraction of sp³-hybridized carbons (Fsp3) is 0.438. The molecule has 3 nitrogen and oxygen atoms in total. The van der Waals surface area contributed by atoms with Gasteiger partial charge in [0.2, 0.25) is 0 Å². The molecule has 1 heterocycles. The Bertz CT molecular complexity index is 500. The summed E-state index contributed by atoms with van der Waals surface area (Å²) in [6.07, 6.45) is 3.95. The Morgan fingerprint density at radius 1 is 1.26 bits per heavy atom. The van der Waals surface area contributed by atoms with Gasteiger partial charge >= 0.3 is 0 Å². The Morgan fingerprint density at radius 2 is 2.11 bits per heavy atom. The number of nitrogens with zero attached hydrogens (tertiary/aromatic N) is 1. The lowest BCUT2D eigenvalue weighted by molar-refractivity contribution is 0.183. The maximum Gasteiger partial charge on any atom is 0.0749 e. The van der Waals surface area contributed by atoms with Gasteiger partial charge in [0, 0.05) is 31.3 Å². The first-order valence-electron chi connectivity index (χ1n) is 6.92. The monoisotopic (exact) mass is 258 g/mol. The Hall–Kier alpha value is -1.45. The van der Waals surface area contributed by atoms with E-state index in [2.05, 4.69) is 41.5 Å². The summed E-state index contributed by atoms with van der Waals surface area (Å²) in [5.74, 6) is 0. The third kappa shape index (κ3) is 3.52. The number of ether oxygens (including phenoxy) is 1. The number of hydrogen-bond donors (Lipinski definition) is 1. The van der Waals surface area contributed by atoms with E-state index in [1.807, 2.05) is 12.3 Å². The molecule has 0 fully saturated rings. The summed E-state index contributed by atoms with van der Waals surface area (Å²) >= 11 is 0. The zero-order chi connectivity index (χ0) is 13.5. The summed E-state index contributed by atoms with van der Waals surface area (Å²) in [5.41, 5.74) is 2.36. The average Bonchev–Trinajstić information content (AvgIpc) is 2.47. The number of benzene rings is 1. The Morgan fingerprint density at radius 3 is 2.89 bits per heavy atom. The van der Waals surface area contributed by atoms with Crippen LogP contribution < -0.4 is 5.32 Å². The summed E-state index contributed by atoms with van der Waals surface area (Å²) in [4.78, 5) is 4.54. The second-order valence-corrected chi connectivity index (χ2v) is 4.71. The molecule has 0 amide bonds. The molecule has 0 spiro atoms. The van der Waals surface area contributed by atoms with Crippen molar-refractivity contribution in [2.45, 2.75) is 25.8 Å². The van der Waals surface area contributed by atoms with Crippen molar-refractivity contribution < 1.29 is 4.74 Å². The summed E-state index contributed by atoms with van der Waals surface area (Å²) in [6, 6.07) is 10.8. The maximum absolute atomic E-state index is 5.23. The molecular weight excluding hydrogens is 236 g/mol. The van der Waals surface area contributed by atoms with Crippen LogP contribution in [0.5, 0.6) is 0 Å². The van der Waals surface area contributed by atoms with Crippen molar-refractivity contribution >= 4 is 10.9 Å². The smallest absolute Gasteiger partial charge is 0.0749 e. The van der Waals surface area contributed by atoms with E-state index < -0.39 is 0 Å². The van der Waals surface area contributed by atoms with Gasteiger partial charge in [0.05, 0.1) is 5.52 Å². The molecule has 102 valence electrons. The molecule has 0 saturated carbocycles. The fourth-order valence-electron chi connectivity index (χ4n) is 2.33. The van der Waals surface area contributed by atoms with Gasteiger partial charge in [-0.15, -0.1) is 0 Å². The molecule has 3 heteroatoms. The van der Waals surface area contributed by atoms with Crippen LogP contribution in [0.4, 0.5) is 0 Å². The van der Waals surface area contributed by atoms with E-state index in [9.17, 15) is 0 Å². The number of hydrogen-bond acceptors (Lipinski definition) is 3. The van der Waals surface area contributed by atoms with Crippen molar-refractivity contribution in [1.29, 1.82) is 0 Å². The Balaban J connectivity index is 2.31. The summed E-state index contributed by atoms with van der Waals surface area (Å²) in [6.45, 7) is 3.95. The van der Waals surface area contributed by atoms with Crippen LogP contribution >= 0.6 is 0 Å². The fourth-order valence-corrected chi connectivity index (χ4v) is 2.33. The molecule has 1 unspecified atom stereocenters. The van der Waals surface area contributed by atoms with E-state index in [0.29, 0.717) is 6.04 Å². The highest BCUT2D eigenvalue weighted by Gasteiger charge is 2.13. The molecule has 2 aromatic rings. The highest BCUT2D eigenvalue weighted by Crippen LogP contribution is 2.24. The van der Waals surface area contributed by atoms with Gasteiger partial charge in [-0.25, -0.2) is 0 Å². The number of aromatic nitrogens is 1. The van der Waals surface area contributed by atoms with Crippen LogP contribution in [0, 0.1) is 0 Å². The molecule has 0 aliphatic heterocycles. The lowest BCUT2D eigenvalue weighted by Crippen LogP contribution is -2.23. The van der Waals surface area contributed by atoms with Crippen molar-refractivity contribution in [3.05, 3.63) is 42.1 Å². The molecule has 1 N–H and O–H groups in total. The minimum Gasteiger partial charge on any atom is -0.385 e. The molecule has 0 bridgehead atoms. The Labute approximate surface area is 115 Å². The standard InChI is InChI=1S/C16H22N2O/c1-3-10-17-15(9-12-19-2)14-8-4-6-13-7-5-11-18-16(13)14/h4-8,11,15,17H,3,9-10,12H2,1-2H3. The van der Waals surface area contributed by atoms with E-state index in [1.54, 1.807) is 7.11 Å². The zero-order valence-electron chi connectivity index (χ0n) is 11.7. The molecule has 0 aliphatic carbocycles. The van der Waals surface area contributed by atoms with Crippen molar-refractivity contribution in [1.82, 2.24) is 10.3 Å². The summed E-state index contributed by atoms with van der Waals surface area (Å²) < 4.78 is 5.23. The normalized spacial score (nSPS) is 12.7. The molecule has 1 atom stereocenters. The molecule has 2 rings (SSSR count). The molecule has 0 aliphatic rings. The first kappa shape index (κ1) is 14.0. The third-order valence-electron chi connectivity index (χ3n) is 3.29. The van der Waals surface area contributed by atoms with Gasteiger partial charge in [-0.05, 0) is 31.0 Å². The van der Waals surface area contributed by atoms with Crippen LogP contribution in [0.15, 0.2) is 36.5 Å². The zero-order valence-corrected chi connectivity index (χ0v) is 11.7. The van der Waals surface area contributed by atoms with E-state index in [0.717, 1.165) is 31.5 Å². The van der Waals surface area contributed by atoms with Crippen LogP contribution in [-0.4, -0.2) is 25.2 Å². The SMILES string of the molecule is CCCNC(CCOC)c1cccc2cccnc12. The van der Waals surface area contributed by atoms with E-state index in [1.165, 1.54) is 10.9 Å². The molecule has 19 heavy (non-hydrogen) atoms. The number of fused-ring (bicyclic) bond motifs is 1. The van der Waals surface area contributed by atoms with Crippen LogP contribution in [-0.2, 0) is 4.74 Å². The van der Waals surface area contributed by atoms with Gasteiger partial charge in [-0.3, -0.25) is 4.98 Å². The minimum absolute atomic E-state index is 0.304. The molecule has 1 aromatic carbocycles. The predicted octanol–water partition coefficient (Wildman–Crippen LogP) is 3.31. The average molecular weight is 258 g/mol. The second-order valence-electron chi connectivity index (χ2n) is 4.71. The quantitative estimate of drug-likeness (QED) is 0.827.